The molecule has 1 aromatic carbocycles. The van der Waals surface area contributed by atoms with Gasteiger partial charge in [0.2, 0.25) is 0 Å². The van der Waals surface area contributed by atoms with Gasteiger partial charge in [-0.15, -0.1) is 0 Å². The molecule has 2 atom stereocenters. The minimum atomic E-state index is -2.86. The van der Waals surface area contributed by atoms with Crippen molar-refractivity contribution in [3.8, 4) is 0 Å². The first kappa shape index (κ1) is 20.1. The molecular weight excluding hydrogens is 313 g/mol. The fourth-order valence-electron chi connectivity index (χ4n) is 1.14. The van der Waals surface area contributed by atoms with Crippen molar-refractivity contribution in [1.29, 1.82) is 0 Å². The Morgan fingerprint density at radius 1 is 1.38 bits per heavy atom. The first-order valence-corrected chi connectivity index (χ1v) is 9.60. The standard InChI is InChI=1S/C8H10ClO2P.C6H13NO2/c1-12(9,10)11-7-8-5-3-2-4-6-8;1-3-9-6(8)5(2)4-7/h2-6H,7H2,1H3;5H,3-4,7H2,1-2H3. The SMILES string of the molecule is CCOC(=O)C(C)CN.CP(=O)(Cl)OCc1ccccc1. The molecule has 2 N–H and O–H groups in total. The van der Waals surface area contributed by atoms with E-state index in [1.807, 2.05) is 30.3 Å². The highest BCUT2D eigenvalue weighted by Crippen LogP contribution is 2.48. The van der Waals surface area contributed by atoms with Crippen LogP contribution in [0.2, 0.25) is 0 Å². The average Bonchev–Trinajstić information content (AvgIpc) is 2.45. The predicted molar refractivity (Wildman–Crippen MR) is 85.5 cm³/mol. The molecule has 2 unspecified atom stereocenters. The average molecular weight is 336 g/mol. The molecule has 0 aromatic heterocycles. The number of rotatable bonds is 6. The van der Waals surface area contributed by atoms with E-state index in [4.69, 9.17) is 21.5 Å². The summed E-state index contributed by atoms with van der Waals surface area (Å²) in [6.45, 7) is 3.15. The Morgan fingerprint density at radius 3 is 2.38 bits per heavy atom. The van der Waals surface area contributed by atoms with Gasteiger partial charge in [0.1, 0.15) is 0 Å². The summed E-state index contributed by atoms with van der Waals surface area (Å²) in [5.74, 6) is -0.370. The zero-order valence-electron chi connectivity index (χ0n) is 12.6. The van der Waals surface area contributed by atoms with E-state index in [1.54, 1.807) is 13.8 Å². The largest absolute Gasteiger partial charge is 0.466 e. The van der Waals surface area contributed by atoms with E-state index in [2.05, 4.69) is 4.74 Å². The van der Waals surface area contributed by atoms with Crippen molar-refractivity contribution in [1.82, 2.24) is 0 Å². The second kappa shape index (κ2) is 10.8. The van der Waals surface area contributed by atoms with Crippen molar-refractivity contribution in [3.05, 3.63) is 35.9 Å². The molecule has 0 heterocycles. The lowest BCUT2D eigenvalue weighted by molar-refractivity contribution is -0.146. The van der Waals surface area contributed by atoms with Crippen LogP contribution in [-0.2, 0) is 25.2 Å². The predicted octanol–water partition coefficient (Wildman–Crippen LogP) is 3.41. The summed E-state index contributed by atoms with van der Waals surface area (Å²) in [4.78, 5) is 10.7. The quantitative estimate of drug-likeness (QED) is 0.636. The maximum Gasteiger partial charge on any atom is 0.309 e. The number of ether oxygens (including phenoxy) is 1. The van der Waals surface area contributed by atoms with Gasteiger partial charge in [-0.2, -0.15) is 0 Å². The number of hydrogen-bond acceptors (Lipinski definition) is 5. The Hall–Kier alpha value is -0.870. The maximum atomic E-state index is 10.9. The van der Waals surface area contributed by atoms with Crippen molar-refractivity contribution in [2.45, 2.75) is 20.5 Å². The summed E-state index contributed by atoms with van der Waals surface area (Å²) in [6, 6.07) is 9.50. The van der Waals surface area contributed by atoms with Gasteiger partial charge in [-0.1, -0.05) is 37.3 Å². The molecule has 0 aliphatic rings. The number of carbonyl (C=O) groups is 1. The number of halogens is 1. The third-order valence-corrected chi connectivity index (χ3v) is 3.23. The van der Waals surface area contributed by atoms with Gasteiger partial charge in [0.15, 0.2) is 0 Å². The van der Waals surface area contributed by atoms with Crippen LogP contribution in [0.3, 0.4) is 0 Å². The van der Waals surface area contributed by atoms with E-state index in [1.165, 1.54) is 6.66 Å². The smallest absolute Gasteiger partial charge is 0.309 e. The number of hydrogen-bond donors (Lipinski definition) is 1. The van der Waals surface area contributed by atoms with Crippen LogP contribution in [-0.4, -0.2) is 25.8 Å². The van der Waals surface area contributed by atoms with Crippen molar-refractivity contribution < 1.29 is 18.6 Å². The highest BCUT2D eigenvalue weighted by molar-refractivity contribution is 7.84. The summed E-state index contributed by atoms with van der Waals surface area (Å²) < 4.78 is 20.5. The van der Waals surface area contributed by atoms with Crippen LogP contribution in [0.5, 0.6) is 0 Å². The minimum Gasteiger partial charge on any atom is -0.466 e. The van der Waals surface area contributed by atoms with Crippen LogP contribution in [0.1, 0.15) is 19.4 Å². The first-order chi connectivity index (χ1) is 9.80. The van der Waals surface area contributed by atoms with Gasteiger partial charge >= 0.3 is 5.97 Å². The summed E-state index contributed by atoms with van der Waals surface area (Å²) in [5, 5.41) is 0. The van der Waals surface area contributed by atoms with E-state index >= 15 is 0 Å². The third-order valence-electron chi connectivity index (χ3n) is 2.35. The van der Waals surface area contributed by atoms with Crippen LogP contribution in [0, 0.1) is 5.92 Å². The van der Waals surface area contributed by atoms with E-state index in [-0.39, 0.29) is 11.9 Å². The van der Waals surface area contributed by atoms with E-state index in [0.717, 1.165) is 5.56 Å². The monoisotopic (exact) mass is 335 g/mol. The van der Waals surface area contributed by atoms with E-state index < -0.39 is 6.72 Å². The molecule has 0 aliphatic heterocycles. The molecular formula is C14H23ClNO4P. The van der Waals surface area contributed by atoms with Crippen LogP contribution in [0.25, 0.3) is 0 Å². The van der Waals surface area contributed by atoms with Crippen molar-refractivity contribution in [3.63, 3.8) is 0 Å². The zero-order chi connectivity index (χ0) is 16.3. The summed E-state index contributed by atoms with van der Waals surface area (Å²) in [7, 11) is 0. The van der Waals surface area contributed by atoms with E-state index in [0.29, 0.717) is 19.8 Å². The number of esters is 1. The zero-order valence-corrected chi connectivity index (χ0v) is 14.3. The third kappa shape index (κ3) is 11.5. The highest BCUT2D eigenvalue weighted by Gasteiger charge is 2.10. The van der Waals surface area contributed by atoms with Gasteiger partial charge < -0.3 is 15.0 Å². The number of nitrogens with two attached hydrogens (primary N) is 1. The Morgan fingerprint density at radius 2 is 1.95 bits per heavy atom. The minimum absolute atomic E-state index is 0.162. The molecule has 0 saturated carbocycles. The lowest BCUT2D eigenvalue weighted by Crippen LogP contribution is -2.22. The molecule has 1 aromatic rings. The van der Waals surface area contributed by atoms with Crippen molar-refractivity contribution in [2.75, 3.05) is 19.8 Å². The molecule has 0 bridgehead atoms. The molecule has 7 heteroatoms. The normalized spacial score (nSPS) is 14.3. The fourth-order valence-corrected chi connectivity index (χ4v) is 1.67. The summed E-state index contributed by atoms with van der Waals surface area (Å²) in [5.41, 5.74) is 6.17. The maximum absolute atomic E-state index is 10.9. The van der Waals surface area contributed by atoms with Gasteiger partial charge in [-0.3, -0.25) is 9.36 Å². The summed E-state index contributed by atoms with van der Waals surface area (Å²) >= 11 is 5.42. The van der Waals surface area contributed by atoms with Gasteiger partial charge in [0.25, 0.3) is 6.72 Å². The summed E-state index contributed by atoms with van der Waals surface area (Å²) in [6.07, 6.45) is 0. The molecule has 120 valence electrons. The Balaban J connectivity index is 0.000000400. The van der Waals surface area contributed by atoms with E-state index in [9.17, 15) is 9.36 Å². The van der Waals surface area contributed by atoms with Crippen LogP contribution in [0.15, 0.2) is 30.3 Å². The second-order valence-electron chi connectivity index (χ2n) is 4.39. The lowest BCUT2D eigenvalue weighted by atomic mass is 10.2. The Labute approximate surface area is 131 Å². The van der Waals surface area contributed by atoms with Crippen LogP contribution >= 0.6 is 18.0 Å². The fraction of sp³-hybridized carbons (Fsp3) is 0.500. The second-order valence-corrected chi connectivity index (χ2v) is 7.99. The van der Waals surface area contributed by atoms with Crippen molar-refractivity contribution in [2.24, 2.45) is 11.7 Å². The van der Waals surface area contributed by atoms with Crippen LogP contribution in [0.4, 0.5) is 0 Å². The van der Waals surface area contributed by atoms with Gasteiger partial charge in [0, 0.05) is 13.2 Å². The molecule has 5 nitrogen and oxygen atoms in total. The Bertz CT molecular complexity index is 450. The molecule has 0 radical (unpaired) electrons. The molecule has 0 spiro atoms. The first-order valence-electron chi connectivity index (χ1n) is 6.62. The van der Waals surface area contributed by atoms with Crippen molar-refractivity contribution >= 4 is 23.9 Å². The lowest BCUT2D eigenvalue weighted by Gasteiger charge is -2.05. The van der Waals surface area contributed by atoms with Gasteiger partial charge in [0.05, 0.1) is 19.1 Å². The molecule has 1 rings (SSSR count). The highest BCUT2D eigenvalue weighted by atomic mass is 35.7. The molecule has 0 fully saturated rings. The van der Waals surface area contributed by atoms with Crippen LogP contribution < -0.4 is 5.73 Å². The molecule has 0 aliphatic carbocycles. The van der Waals surface area contributed by atoms with Gasteiger partial charge in [-0.25, -0.2) is 0 Å². The van der Waals surface area contributed by atoms with Gasteiger partial charge in [-0.05, 0) is 23.7 Å². The molecule has 21 heavy (non-hydrogen) atoms. The number of benzene rings is 1. The Kier molecular flexibility index (Phi) is 10.4. The topological polar surface area (TPSA) is 78.6 Å². The molecule has 0 amide bonds. The number of carbonyl (C=O) groups excluding carboxylic acids is 1. The molecule has 0 saturated heterocycles.